The van der Waals surface area contributed by atoms with Crippen molar-refractivity contribution in [2.45, 2.75) is 12.8 Å². The number of aromatic carboxylic acids is 1. The van der Waals surface area contributed by atoms with Crippen molar-refractivity contribution in [3.05, 3.63) is 71.8 Å². The number of amidine groups is 1. The second-order valence-corrected chi connectivity index (χ2v) is 7.95. The fraction of sp³-hybridized carbons (Fsp3) is 0.174. The number of carbonyl (C=O) groups excluding carboxylic acids is 1. The Kier molecular flexibility index (Phi) is 6.71. The maximum Gasteiger partial charge on any atom is 0.346 e. The number of aliphatic imine (C=N–C) groups is 1. The van der Waals surface area contributed by atoms with Crippen LogP contribution in [0.1, 0.15) is 21.7 Å². The Labute approximate surface area is 185 Å². The first kappa shape index (κ1) is 22.0. The van der Waals surface area contributed by atoms with E-state index in [2.05, 4.69) is 35.2 Å². The van der Waals surface area contributed by atoms with Gasteiger partial charge >= 0.3 is 5.97 Å². The van der Waals surface area contributed by atoms with E-state index < -0.39 is 5.97 Å². The predicted molar refractivity (Wildman–Crippen MR) is 127 cm³/mol. The molecule has 2 heterocycles. The van der Waals surface area contributed by atoms with Crippen LogP contribution in [0.25, 0.3) is 0 Å². The first-order valence-electron chi connectivity index (χ1n) is 9.65. The molecular formula is C23H24N4O3S. The van der Waals surface area contributed by atoms with E-state index in [0.29, 0.717) is 17.0 Å². The minimum atomic E-state index is -1.06. The summed E-state index contributed by atoms with van der Waals surface area (Å²) >= 11 is 0.967. The summed E-state index contributed by atoms with van der Waals surface area (Å²) in [6.45, 7) is 8.57. The van der Waals surface area contributed by atoms with Gasteiger partial charge in [0.15, 0.2) is 12.1 Å². The Morgan fingerprint density at radius 2 is 2.13 bits per heavy atom. The number of allylic oxidation sites excluding steroid dienone is 3. The second kappa shape index (κ2) is 9.44. The number of benzene rings is 1. The van der Waals surface area contributed by atoms with Gasteiger partial charge in [-0.15, -0.1) is 11.3 Å². The lowest BCUT2D eigenvalue weighted by molar-refractivity contribution is -0.102. The molecule has 0 atom stereocenters. The third-order valence-electron chi connectivity index (χ3n) is 5.00. The summed E-state index contributed by atoms with van der Waals surface area (Å²) in [5.74, 6) is -1.28. The number of hydrogen-bond donors (Lipinski definition) is 2. The minimum Gasteiger partial charge on any atom is -0.477 e. The average Bonchev–Trinajstić information content (AvgIpc) is 3.20. The lowest BCUT2D eigenvalue weighted by atomic mass is 10.00. The number of carbonyl (C=O) groups is 2. The molecular weight excluding hydrogens is 412 g/mol. The SMILES string of the molecule is C=C/C=C(\C=C)N1CCCc2ccc(N(C)c3cc(C(=O)O)sc3/N=C(/N)C=O)cc21. The molecule has 0 aliphatic carbocycles. The van der Waals surface area contributed by atoms with Crippen molar-refractivity contribution in [3.63, 3.8) is 0 Å². The van der Waals surface area contributed by atoms with E-state index in [-0.39, 0.29) is 10.7 Å². The summed E-state index contributed by atoms with van der Waals surface area (Å²) in [4.78, 5) is 30.7. The molecule has 1 aliphatic heterocycles. The number of rotatable bonds is 8. The van der Waals surface area contributed by atoms with Crippen LogP contribution in [0.3, 0.4) is 0 Å². The van der Waals surface area contributed by atoms with E-state index in [9.17, 15) is 14.7 Å². The monoisotopic (exact) mass is 436 g/mol. The molecule has 8 heteroatoms. The van der Waals surface area contributed by atoms with E-state index >= 15 is 0 Å². The van der Waals surface area contributed by atoms with Gasteiger partial charge in [-0.3, -0.25) is 4.79 Å². The normalized spacial score (nSPS) is 14.0. The first-order chi connectivity index (χ1) is 14.9. The van der Waals surface area contributed by atoms with Crippen molar-refractivity contribution in [2.24, 2.45) is 10.7 Å². The van der Waals surface area contributed by atoms with Gasteiger partial charge in [0.05, 0.1) is 5.69 Å². The number of nitrogens with two attached hydrogens (primary N) is 1. The zero-order valence-electron chi connectivity index (χ0n) is 17.2. The second-order valence-electron chi connectivity index (χ2n) is 6.92. The van der Waals surface area contributed by atoms with Crippen LogP contribution >= 0.6 is 11.3 Å². The van der Waals surface area contributed by atoms with Gasteiger partial charge in [-0.25, -0.2) is 9.79 Å². The molecule has 0 unspecified atom stereocenters. The molecule has 0 saturated heterocycles. The van der Waals surface area contributed by atoms with Gasteiger partial charge in [-0.2, -0.15) is 0 Å². The molecule has 0 fully saturated rings. The van der Waals surface area contributed by atoms with Gasteiger partial charge in [0.2, 0.25) is 0 Å². The number of carboxylic acids is 1. The molecule has 0 radical (unpaired) electrons. The van der Waals surface area contributed by atoms with Crippen LogP contribution in [-0.2, 0) is 11.2 Å². The van der Waals surface area contributed by atoms with Crippen LogP contribution < -0.4 is 15.5 Å². The summed E-state index contributed by atoms with van der Waals surface area (Å²) in [7, 11) is 1.83. The standard InChI is InChI=1S/C23H24N4O3S/c1-4-7-16(5-2)27-11-6-8-15-9-10-17(12-18(15)27)26(3)19-13-20(23(29)30)31-22(19)25-21(24)14-28/h4-5,7,9-10,12-14H,1-2,6,8,11H2,3H3,(H2,24,25)(H,29,30)/b16-7+. The summed E-state index contributed by atoms with van der Waals surface area (Å²) in [5.41, 5.74) is 10.2. The first-order valence-corrected chi connectivity index (χ1v) is 10.5. The van der Waals surface area contributed by atoms with Gasteiger partial charge in [0, 0.05) is 30.7 Å². The van der Waals surface area contributed by atoms with E-state index in [1.54, 1.807) is 12.2 Å². The average molecular weight is 437 g/mol. The Morgan fingerprint density at radius 3 is 2.77 bits per heavy atom. The Morgan fingerprint density at radius 1 is 1.35 bits per heavy atom. The molecule has 3 rings (SSSR count). The Bertz CT molecular complexity index is 1100. The number of aldehydes is 1. The van der Waals surface area contributed by atoms with Crippen LogP contribution in [0.4, 0.5) is 22.1 Å². The largest absolute Gasteiger partial charge is 0.477 e. The summed E-state index contributed by atoms with van der Waals surface area (Å²) in [6, 6.07) is 7.66. The van der Waals surface area contributed by atoms with Crippen molar-refractivity contribution in [1.82, 2.24) is 0 Å². The van der Waals surface area contributed by atoms with E-state index in [1.807, 2.05) is 24.1 Å². The molecule has 31 heavy (non-hydrogen) atoms. The molecule has 2 aromatic rings. The van der Waals surface area contributed by atoms with Gasteiger partial charge in [0.25, 0.3) is 0 Å². The lowest BCUT2D eigenvalue weighted by Gasteiger charge is -2.33. The Balaban J connectivity index is 2.08. The molecule has 7 nitrogen and oxygen atoms in total. The van der Waals surface area contributed by atoms with Crippen molar-refractivity contribution >= 4 is 51.5 Å². The number of fused-ring (bicyclic) bond motifs is 1. The maximum absolute atomic E-state index is 11.5. The van der Waals surface area contributed by atoms with Crippen molar-refractivity contribution in [3.8, 4) is 0 Å². The van der Waals surface area contributed by atoms with Crippen molar-refractivity contribution in [1.29, 1.82) is 0 Å². The Hall–Kier alpha value is -3.65. The van der Waals surface area contributed by atoms with Gasteiger partial charge < -0.3 is 20.6 Å². The number of aryl methyl sites for hydroxylation is 1. The highest BCUT2D eigenvalue weighted by molar-refractivity contribution is 7.18. The number of thiophene rings is 1. The number of hydrogen-bond acceptors (Lipinski definition) is 6. The number of carboxylic acid groups (broad SMARTS) is 1. The minimum absolute atomic E-state index is 0.113. The molecule has 1 aliphatic rings. The maximum atomic E-state index is 11.5. The topological polar surface area (TPSA) is 99.2 Å². The molecule has 1 aromatic heterocycles. The quantitative estimate of drug-likeness (QED) is 0.275. The molecule has 0 amide bonds. The van der Waals surface area contributed by atoms with E-state index in [1.165, 1.54) is 11.6 Å². The third-order valence-corrected chi connectivity index (χ3v) is 6.01. The molecule has 0 spiro atoms. The van der Waals surface area contributed by atoms with E-state index in [0.717, 1.165) is 47.8 Å². The smallest absolute Gasteiger partial charge is 0.346 e. The number of nitrogens with zero attached hydrogens (tertiary/aromatic N) is 3. The molecule has 3 N–H and O–H groups in total. The third kappa shape index (κ3) is 4.59. The van der Waals surface area contributed by atoms with Gasteiger partial charge in [-0.05, 0) is 48.8 Å². The highest BCUT2D eigenvalue weighted by atomic mass is 32.1. The van der Waals surface area contributed by atoms with Crippen LogP contribution in [0.2, 0.25) is 0 Å². The highest BCUT2D eigenvalue weighted by Gasteiger charge is 2.22. The van der Waals surface area contributed by atoms with Crippen LogP contribution in [-0.4, -0.2) is 36.8 Å². The fourth-order valence-electron chi connectivity index (χ4n) is 3.51. The molecule has 1 aromatic carbocycles. The van der Waals surface area contributed by atoms with E-state index in [4.69, 9.17) is 5.73 Å². The summed E-state index contributed by atoms with van der Waals surface area (Å²) in [6.07, 6.45) is 7.90. The molecule has 0 saturated carbocycles. The zero-order chi connectivity index (χ0) is 22.5. The molecule has 160 valence electrons. The van der Waals surface area contributed by atoms with Crippen LogP contribution in [0.15, 0.2) is 66.3 Å². The summed E-state index contributed by atoms with van der Waals surface area (Å²) < 4.78 is 0. The van der Waals surface area contributed by atoms with Crippen LogP contribution in [0.5, 0.6) is 0 Å². The fourth-order valence-corrected chi connectivity index (χ4v) is 4.43. The lowest BCUT2D eigenvalue weighted by Crippen LogP contribution is -2.28. The highest BCUT2D eigenvalue weighted by Crippen LogP contribution is 2.42. The van der Waals surface area contributed by atoms with Gasteiger partial charge in [0.1, 0.15) is 9.88 Å². The number of anilines is 3. The van der Waals surface area contributed by atoms with Crippen molar-refractivity contribution in [2.75, 3.05) is 23.4 Å². The van der Waals surface area contributed by atoms with Gasteiger partial charge in [-0.1, -0.05) is 25.3 Å². The molecule has 0 bridgehead atoms. The predicted octanol–water partition coefficient (Wildman–Crippen LogP) is 4.41. The van der Waals surface area contributed by atoms with Crippen molar-refractivity contribution < 1.29 is 14.7 Å². The van der Waals surface area contributed by atoms with Crippen LogP contribution in [0, 0.1) is 0 Å². The zero-order valence-corrected chi connectivity index (χ0v) is 18.1. The summed E-state index contributed by atoms with van der Waals surface area (Å²) in [5, 5.41) is 9.77.